The highest BCUT2D eigenvalue weighted by Crippen LogP contribution is 2.34. The fraction of sp³-hybridized carbons (Fsp3) is 0.720. The van der Waals surface area contributed by atoms with Crippen LogP contribution >= 0.6 is 0 Å². The fourth-order valence-electron chi connectivity index (χ4n) is 4.74. The first-order chi connectivity index (χ1) is 15.9. The number of nitrogens with zero attached hydrogens (tertiary/aromatic N) is 1. The Balaban J connectivity index is 1.33. The third-order valence-corrected chi connectivity index (χ3v) is 6.94. The highest BCUT2D eigenvalue weighted by molar-refractivity contribution is 5.84. The van der Waals surface area contributed by atoms with E-state index in [0.717, 1.165) is 44.2 Å². The van der Waals surface area contributed by atoms with Gasteiger partial charge in [-0.1, -0.05) is 13.0 Å². The highest BCUT2D eigenvalue weighted by Gasteiger charge is 2.31. The van der Waals surface area contributed by atoms with Gasteiger partial charge >= 0.3 is 5.97 Å². The number of halogens is 2. The molecule has 1 aromatic rings. The molecule has 1 amide bonds. The fourth-order valence-corrected chi connectivity index (χ4v) is 4.74. The van der Waals surface area contributed by atoms with Gasteiger partial charge in [0, 0.05) is 36.8 Å². The minimum Gasteiger partial charge on any atom is -0.480 e. The van der Waals surface area contributed by atoms with Crippen molar-refractivity contribution in [2.75, 3.05) is 6.61 Å². The second-order valence-electron chi connectivity index (χ2n) is 9.40. The summed E-state index contributed by atoms with van der Waals surface area (Å²) in [5.74, 6) is -2.11. The Morgan fingerprint density at radius 1 is 1.24 bits per heavy atom. The summed E-state index contributed by atoms with van der Waals surface area (Å²) in [6.45, 7) is 1.85. The van der Waals surface area contributed by atoms with Gasteiger partial charge in [0.25, 0.3) is 0 Å². The highest BCUT2D eigenvalue weighted by atomic mass is 19.3. The predicted octanol–water partition coefficient (Wildman–Crippen LogP) is 4.33. The lowest BCUT2D eigenvalue weighted by molar-refractivity contribution is -0.143. The Kier molecular flexibility index (Phi) is 9.59. The summed E-state index contributed by atoms with van der Waals surface area (Å²) >= 11 is 0. The third kappa shape index (κ3) is 7.73. The van der Waals surface area contributed by atoms with Gasteiger partial charge in [-0.25, -0.2) is 13.6 Å². The Hall–Kier alpha value is -2.09. The molecule has 2 aliphatic carbocycles. The smallest absolute Gasteiger partial charge is 0.326 e. The Bertz CT molecular complexity index is 799. The van der Waals surface area contributed by atoms with E-state index < -0.39 is 36.7 Å². The van der Waals surface area contributed by atoms with Gasteiger partial charge in [0.15, 0.2) is 0 Å². The number of carboxylic acid groups (broad SMARTS) is 1. The molecule has 0 aromatic carbocycles. The quantitative estimate of drug-likeness (QED) is 0.452. The van der Waals surface area contributed by atoms with Gasteiger partial charge in [0.1, 0.15) is 6.04 Å². The van der Waals surface area contributed by atoms with Crippen molar-refractivity contribution < 1.29 is 28.2 Å². The van der Waals surface area contributed by atoms with Crippen molar-refractivity contribution in [2.45, 2.75) is 96.1 Å². The number of carbonyl (C=O) groups is 2. The summed E-state index contributed by atoms with van der Waals surface area (Å²) in [4.78, 5) is 28.5. The monoisotopic (exact) mass is 466 g/mol. The number of nitrogens with one attached hydrogen (secondary N) is 1. The number of pyridine rings is 1. The number of carboxylic acids is 1. The van der Waals surface area contributed by atoms with Crippen LogP contribution in [0.4, 0.5) is 8.78 Å². The molecule has 0 aliphatic heterocycles. The zero-order chi connectivity index (χ0) is 23.8. The topological polar surface area (TPSA) is 88.5 Å². The molecular formula is C25H36F2N2O4. The van der Waals surface area contributed by atoms with E-state index in [1.165, 1.54) is 24.1 Å². The average Bonchev–Trinajstić information content (AvgIpc) is 2.76. The van der Waals surface area contributed by atoms with Gasteiger partial charge < -0.3 is 15.2 Å². The maximum absolute atomic E-state index is 12.6. The molecule has 8 heteroatoms. The summed E-state index contributed by atoms with van der Waals surface area (Å²) in [6.07, 6.45) is 5.96. The van der Waals surface area contributed by atoms with E-state index in [9.17, 15) is 23.5 Å². The van der Waals surface area contributed by atoms with E-state index in [-0.39, 0.29) is 25.6 Å². The summed E-state index contributed by atoms with van der Waals surface area (Å²) in [5.41, 5.74) is 3.84. The molecule has 184 valence electrons. The standard InChI is InChI=1S/C25H36F2N2O4/c1-2-17(15-23(26)27)24(30)29-22(25(31)32)11-12-33-20-13-16(14-20)7-9-19-10-8-18-5-3-4-6-21(18)28-19/h8,10,16-17,20,22-23H,2-7,9,11-15H2,1H3,(H,29,30)(H,31,32). The lowest BCUT2D eigenvalue weighted by Gasteiger charge is -2.35. The molecule has 1 saturated carbocycles. The first-order valence-corrected chi connectivity index (χ1v) is 12.3. The minimum absolute atomic E-state index is 0.110. The Morgan fingerprint density at radius 2 is 2.00 bits per heavy atom. The third-order valence-electron chi connectivity index (χ3n) is 6.94. The van der Waals surface area contributed by atoms with Crippen molar-refractivity contribution in [3.8, 4) is 0 Å². The number of aromatic nitrogens is 1. The molecule has 0 spiro atoms. The number of carbonyl (C=O) groups excluding carboxylic acids is 1. The van der Waals surface area contributed by atoms with Gasteiger partial charge in [-0.05, 0) is 75.3 Å². The molecule has 1 heterocycles. The molecule has 1 fully saturated rings. The molecule has 1 aromatic heterocycles. The van der Waals surface area contributed by atoms with Gasteiger partial charge in [0.05, 0.1) is 6.10 Å². The lowest BCUT2D eigenvalue weighted by atomic mass is 9.79. The summed E-state index contributed by atoms with van der Waals surface area (Å²) in [7, 11) is 0. The number of amides is 1. The second kappa shape index (κ2) is 12.4. The van der Waals surface area contributed by atoms with E-state index in [0.29, 0.717) is 5.92 Å². The number of hydrogen-bond donors (Lipinski definition) is 2. The Labute approximate surface area is 194 Å². The van der Waals surface area contributed by atoms with Crippen LogP contribution in [0.1, 0.15) is 75.2 Å². The maximum atomic E-state index is 12.6. The average molecular weight is 467 g/mol. The number of aliphatic carboxylic acids is 1. The van der Waals surface area contributed by atoms with Crippen molar-refractivity contribution in [3.05, 3.63) is 29.1 Å². The van der Waals surface area contributed by atoms with E-state index in [1.807, 2.05) is 0 Å². The van der Waals surface area contributed by atoms with Crippen molar-refractivity contribution >= 4 is 11.9 Å². The number of rotatable bonds is 13. The van der Waals surface area contributed by atoms with Gasteiger partial charge in [-0.3, -0.25) is 9.78 Å². The molecule has 0 radical (unpaired) electrons. The number of aryl methyl sites for hydroxylation is 3. The SMILES string of the molecule is CCC(CC(F)F)C(=O)NC(CCOC1CC(CCc2ccc3c(n2)CCCC3)C1)C(=O)O. The van der Waals surface area contributed by atoms with Crippen LogP contribution in [0.25, 0.3) is 0 Å². The molecule has 2 unspecified atom stereocenters. The van der Waals surface area contributed by atoms with Crippen molar-refractivity contribution in [3.63, 3.8) is 0 Å². The van der Waals surface area contributed by atoms with E-state index in [1.54, 1.807) is 6.92 Å². The molecule has 6 nitrogen and oxygen atoms in total. The van der Waals surface area contributed by atoms with Crippen LogP contribution in [0.5, 0.6) is 0 Å². The van der Waals surface area contributed by atoms with Crippen LogP contribution in [-0.2, 0) is 33.6 Å². The summed E-state index contributed by atoms with van der Waals surface area (Å²) < 4.78 is 31.0. The van der Waals surface area contributed by atoms with E-state index in [2.05, 4.69) is 17.4 Å². The zero-order valence-electron chi connectivity index (χ0n) is 19.4. The van der Waals surface area contributed by atoms with Crippen LogP contribution in [0, 0.1) is 11.8 Å². The molecular weight excluding hydrogens is 430 g/mol. The number of alkyl halides is 2. The van der Waals surface area contributed by atoms with Gasteiger partial charge in [-0.2, -0.15) is 0 Å². The summed E-state index contributed by atoms with van der Waals surface area (Å²) in [6, 6.07) is 3.26. The normalized spacial score (nSPS) is 21.7. The lowest BCUT2D eigenvalue weighted by Crippen LogP contribution is -2.45. The first-order valence-electron chi connectivity index (χ1n) is 12.3. The van der Waals surface area contributed by atoms with E-state index in [4.69, 9.17) is 9.72 Å². The number of fused-ring (bicyclic) bond motifs is 1. The van der Waals surface area contributed by atoms with Gasteiger partial charge in [0.2, 0.25) is 12.3 Å². The molecule has 33 heavy (non-hydrogen) atoms. The Morgan fingerprint density at radius 3 is 2.70 bits per heavy atom. The van der Waals surface area contributed by atoms with Crippen molar-refractivity contribution in [2.24, 2.45) is 11.8 Å². The second-order valence-corrected chi connectivity index (χ2v) is 9.40. The van der Waals surface area contributed by atoms with Crippen LogP contribution in [0.3, 0.4) is 0 Å². The molecule has 2 aliphatic rings. The van der Waals surface area contributed by atoms with Crippen molar-refractivity contribution in [1.29, 1.82) is 0 Å². The predicted molar refractivity (Wildman–Crippen MR) is 120 cm³/mol. The number of ether oxygens (including phenoxy) is 1. The van der Waals surface area contributed by atoms with Crippen LogP contribution in [-0.4, -0.2) is 47.1 Å². The first kappa shape index (κ1) is 25.5. The van der Waals surface area contributed by atoms with Gasteiger partial charge in [-0.15, -0.1) is 0 Å². The largest absolute Gasteiger partial charge is 0.480 e. The summed E-state index contributed by atoms with van der Waals surface area (Å²) in [5, 5.41) is 11.8. The molecule has 2 atom stereocenters. The van der Waals surface area contributed by atoms with Crippen molar-refractivity contribution in [1.82, 2.24) is 10.3 Å². The minimum atomic E-state index is -2.60. The molecule has 0 saturated heterocycles. The van der Waals surface area contributed by atoms with E-state index >= 15 is 0 Å². The molecule has 0 bridgehead atoms. The molecule has 3 rings (SSSR count). The molecule has 2 N–H and O–H groups in total. The van der Waals surface area contributed by atoms with Crippen LogP contribution < -0.4 is 5.32 Å². The number of hydrogen-bond acceptors (Lipinski definition) is 4. The van der Waals surface area contributed by atoms with Crippen LogP contribution in [0.15, 0.2) is 12.1 Å². The van der Waals surface area contributed by atoms with Crippen LogP contribution in [0.2, 0.25) is 0 Å². The maximum Gasteiger partial charge on any atom is 0.326 e. The zero-order valence-corrected chi connectivity index (χ0v) is 19.4.